The molecule has 6 heteroatoms. The van der Waals surface area contributed by atoms with E-state index in [0.717, 1.165) is 29.8 Å². The van der Waals surface area contributed by atoms with Gasteiger partial charge in [0.1, 0.15) is 0 Å². The first kappa shape index (κ1) is 17.3. The van der Waals surface area contributed by atoms with Crippen LogP contribution >= 0.6 is 0 Å². The maximum Gasteiger partial charge on any atom is 0.254 e. The Balaban J connectivity index is 1.55. The number of carbonyl (C=O) groups is 1. The van der Waals surface area contributed by atoms with Crippen molar-refractivity contribution < 1.29 is 4.79 Å². The summed E-state index contributed by atoms with van der Waals surface area (Å²) < 4.78 is 1.59. The number of H-pyrrole nitrogens is 1. The molecule has 3 aromatic rings. The van der Waals surface area contributed by atoms with Crippen LogP contribution in [0.15, 0.2) is 53.5 Å². The predicted octanol–water partition coefficient (Wildman–Crippen LogP) is 2.50. The van der Waals surface area contributed by atoms with E-state index >= 15 is 0 Å². The summed E-state index contributed by atoms with van der Waals surface area (Å²) in [7, 11) is 0. The summed E-state index contributed by atoms with van der Waals surface area (Å²) in [6.45, 7) is 3.73. The lowest BCUT2D eigenvalue weighted by molar-refractivity contribution is 0.0762. The van der Waals surface area contributed by atoms with E-state index in [-0.39, 0.29) is 11.5 Å². The van der Waals surface area contributed by atoms with Gasteiger partial charge in [0.15, 0.2) is 0 Å². The average Bonchev–Trinajstić information content (AvgIpc) is 2.99. The molecule has 0 unspecified atom stereocenters. The van der Waals surface area contributed by atoms with Crippen LogP contribution in [-0.2, 0) is 19.4 Å². The van der Waals surface area contributed by atoms with Crippen molar-refractivity contribution in [2.24, 2.45) is 0 Å². The van der Waals surface area contributed by atoms with Gasteiger partial charge in [-0.2, -0.15) is 5.10 Å². The smallest absolute Gasteiger partial charge is 0.254 e. The lowest BCUT2D eigenvalue weighted by Crippen LogP contribution is -2.34. The monoisotopic (exact) mass is 362 g/mol. The fraction of sp³-hybridized carbons (Fsp3) is 0.286. The number of aryl methyl sites for hydroxylation is 1. The molecule has 27 heavy (non-hydrogen) atoms. The van der Waals surface area contributed by atoms with Gasteiger partial charge in [-0.25, -0.2) is 0 Å². The number of hydrogen-bond donors (Lipinski definition) is 1. The van der Waals surface area contributed by atoms with Gasteiger partial charge in [-0.15, -0.1) is 0 Å². The molecule has 138 valence electrons. The Bertz CT molecular complexity index is 1020. The van der Waals surface area contributed by atoms with Crippen molar-refractivity contribution in [3.63, 3.8) is 0 Å². The van der Waals surface area contributed by atoms with E-state index in [9.17, 15) is 9.59 Å². The summed E-state index contributed by atoms with van der Waals surface area (Å²) in [6, 6.07) is 13.3. The number of aromatic amines is 1. The van der Waals surface area contributed by atoms with Gasteiger partial charge < -0.3 is 9.47 Å². The minimum absolute atomic E-state index is 0.0882. The van der Waals surface area contributed by atoms with Gasteiger partial charge >= 0.3 is 0 Å². The number of pyridine rings is 1. The molecule has 1 amide bonds. The molecule has 2 aromatic heterocycles. The van der Waals surface area contributed by atoms with Gasteiger partial charge in [0.05, 0.1) is 5.69 Å². The molecule has 1 aromatic carbocycles. The highest BCUT2D eigenvalue weighted by Crippen LogP contribution is 2.26. The van der Waals surface area contributed by atoms with Crippen molar-refractivity contribution in [3.05, 3.63) is 75.8 Å². The zero-order valence-corrected chi connectivity index (χ0v) is 15.3. The second-order valence-electron chi connectivity index (χ2n) is 6.73. The van der Waals surface area contributed by atoms with Crippen molar-refractivity contribution in [3.8, 4) is 11.3 Å². The maximum atomic E-state index is 12.9. The molecule has 1 aliphatic rings. The van der Waals surface area contributed by atoms with Gasteiger partial charge in [0.2, 0.25) is 0 Å². The third kappa shape index (κ3) is 3.30. The highest BCUT2D eigenvalue weighted by atomic mass is 16.2. The number of carbonyl (C=O) groups excluding carboxylic acids is 1. The lowest BCUT2D eigenvalue weighted by atomic mass is 10.0. The van der Waals surface area contributed by atoms with Crippen LogP contribution in [0.4, 0.5) is 0 Å². The predicted molar refractivity (Wildman–Crippen MR) is 104 cm³/mol. The molecule has 0 aliphatic carbocycles. The number of amides is 1. The summed E-state index contributed by atoms with van der Waals surface area (Å²) in [5.41, 5.74) is 4.63. The Hall–Kier alpha value is -3.15. The summed E-state index contributed by atoms with van der Waals surface area (Å²) in [4.78, 5) is 26.8. The minimum Gasteiger partial charge on any atom is -0.338 e. The molecule has 4 rings (SSSR count). The molecule has 0 saturated carbocycles. The van der Waals surface area contributed by atoms with Crippen molar-refractivity contribution >= 4 is 5.91 Å². The Labute approximate surface area is 157 Å². The normalized spacial score (nSPS) is 13.9. The second kappa shape index (κ2) is 7.23. The van der Waals surface area contributed by atoms with Crippen molar-refractivity contribution in [1.82, 2.24) is 19.7 Å². The number of rotatable bonds is 3. The second-order valence-corrected chi connectivity index (χ2v) is 6.73. The molecule has 0 fully saturated rings. The van der Waals surface area contributed by atoms with E-state index < -0.39 is 0 Å². The number of hydrogen-bond acceptors (Lipinski definition) is 3. The lowest BCUT2D eigenvalue weighted by Gasteiger charge is -2.20. The van der Waals surface area contributed by atoms with Crippen LogP contribution in [0.5, 0.6) is 0 Å². The highest BCUT2D eigenvalue weighted by molar-refractivity contribution is 5.94. The summed E-state index contributed by atoms with van der Waals surface area (Å²) >= 11 is 0. The summed E-state index contributed by atoms with van der Waals surface area (Å²) in [5.74, 6) is -0.0882. The Morgan fingerprint density at radius 2 is 1.93 bits per heavy atom. The molecule has 1 aliphatic heterocycles. The number of aromatic nitrogens is 3. The number of nitrogens with zero attached hydrogens (tertiary/aromatic N) is 3. The van der Waals surface area contributed by atoms with Crippen LogP contribution < -0.4 is 5.56 Å². The van der Waals surface area contributed by atoms with Crippen LogP contribution in [0.25, 0.3) is 11.3 Å². The van der Waals surface area contributed by atoms with Gasteiger partial charge in [-0.1, -0.05) is 30.3 Å². The quantitative estimate of drug-likeness (QED) is 0.778. The summed E-state index contributed by atoms with van der Waals surface area (Å²) in [6.07, 6.45) is 3.16. The standard InChI is InChI=1S/C21H22N4O2/c1-2-24-11-8-16(14-19(24)26)21(27)25-12-9-17-18(10-13-25)22-23-20(17)15-6-4-3-5-7-15/h3-8,11,14H,2,9-10,12-13H2,1H3,(H,22,23). The van der Waals surface area contributed by atoms with Gasteiger partial charge in [0, 0.05) is 60.7 Å². The molecule has 0 radical (unpaired) electrons. The van der Waals surface area contributed by atoms with E-state index in [4.69, 9.17) is 0 Å². The van der Waals surface area contributed by atoms with Gasteiger partial charge in [-0.3, -0.25) is 14.7 Å². The molecule has 0 spiro atoms. The molecule has 1 N–H and O–H groups in total. The van der Waals surface area contributed by atoms with E-state index in [2.05, 4.69) is 10.2 Å². The first-order valence-electron chi connectivity index (χ1n) is 9.28. The number of nitrogens with one attached hydrogen (secondary N) is 1. The average molecular weight is 362 g/mol. The topological polar surface area (TPSA) is 71.0 Å². The van der Waals surface area contributed by atoms with Crippen molar-refractivity contribution in [2.75, 3.05) is 13.1 Å². The van der Waals surface area contributed by atoms with Crippen LogP contribution in [0.2, 0.25) is 0 Å². The van der Waals surface area contributed by atoms with E-state index in [1.54, 1.807) is 16.8 Å². The number of benzene rings is 1. The van der Waals surface area contributed by atoms with E-state index in [1.165, 1.54) is 11.6 Å². The third-order valence-corrected chi connectivity index (χ3v) is 5.13. The molecule has 0 atom stereocenters. The summed E-state index contributed by atoms with van der Waals surface area (Å²) in [5, 5.41) is 7.64. The van der Waals surface area contributed by atoms with Crippen molar-refractivity contribution in [2.45, 2.75) is 26.3 Å². The van der Waals surface area contributed by atoms with Crippen LogP contribution in [0.1, 0.15) is 28.5 Å². The van der Waals surface area contributed by atoms with Crippen LogP contribution in [0, 0.1) is 0 Å². The zero-order valence-electron chi connectivity index (χ0n) is 15.3. The minimum atomic E-state index is -0.140. The SMILES string of the molecule is CCn1ccc(C(=O)N2CCc3[nH]nc(-c4ccccc4)c3CC2)cc1=O. The molecule has 0 bridgehead atoms. The molecule has 3 heterocycles. The molecule has 6 nitrogen and oxygen atoms in total. The molecular formula is C21H22N4O2. The fourth-order valence-corrected chi connectivity index (χ4v) is 3.61. The largest absolute Gasteiger partial charge is 0.338 e. The maximum absolute atomic E-state index is 12.9. The van der Waals surface area contributed by atoms with Crippen LogP contribution in [-0.4, -0.2) is 38.7 Å². The Morgan fingerprint density at radius 1 is 1.15 bits per heavy atom. The molecule has 0 saturated heterocycles. The highest BCUT2D eigenvalue weighted by Gasteiger charge is 2.24. The zero-order chi connectivity index (χ0) is 18.8. The first-order valence-corrected chi connectivity index (χ1v) is 9.28. The van der Waals surface area contributed by atoms with Gasteiger partial charge in [-0.05, 0) is 19.4 Å². The van der Waals surface area contributed by atoms with Crippen molar-refractivity contribution in [1.29, 1.82) is 0 Å². The fourth-order valence-electron chi connectivity index (χ4n) is 3.61. The molecular weight excluding hydrogens is 340 g/mol. The van der Waals surface area contributed by atoms with E-state index in [1.807, 2.05) is 42.2 Å². The Kier molecular flexibility index (Phi) is 4.62. The Morgan fingerprint density at radius 3 is 2.67 bits per heavy atom. The van der Waals surface area contributed by atoms with Crippen LogP contribution in [0.3, 0.4) is 0 Å². The van der Waals surface area contributed by atoms with Gasteiger partial charge in [0.25, 0.3) is 11.5 Å². The third-order valence-electron chi connectivity index (χ3n) is 5.13. The first-order chi connectivity index (χ1) is 13.2. The number of fused-ring (bicyclic) bond motifs is 1. The van der Waals surface area contributed by atoms with E-state index in [0.29, 0.717) is 25.2 Å².